The first-order valence-corrected chi connectivity index (χ1v) is 7.69. The molecule has 0 unspecified atom stereocenters. The van der Waals surface area contributed by atoms with Crippen molar-refractivity contribution in [2.45, 2.75) is 13.3 Å². The number of hydrogen-bond donors (Lipinski definition) is 0. The maximum absolute atomic E-state index is 11.9. The second-order valence-electron chi connectivity index (χ2n) is 4.43. The van der Waals surface area contributed by atoms with Gasteiger partial charge in [0, 0.05) is 0 Å². The monoisotopic (exact) mass is 302 g/mol. The standard InChI is InChI=1S/C17H18O3S/c1-3-10-20-16-12-13(7-9-15(16)19-2)6-8-14(18)17-5-4-11-21-17/h4-9,11-12H,3,10H2,1-2H3/b8-6+. The topological polar surface area (TPSA) is 35.5 Å². The van der Waals surface area contributed by atoms with E-state index in [1.807, 2.05) is 35.7 Å². The highest BCUT2D eigenvalue weighted by Gasteiger charge is 2.05. The number of hydrogen-bond acceptors (Lipinski definition) is 4. The van der Waals surface area contributed by atoms with Gasteiger partial charge >= 0.3 is 0 Å². The lowest BCUT2D eigenvalue weighted by atomic mass is 10.1. The van der Waals surface area contributed by atoms with Crippen molar-refractivity contribution in [3.63, 3.8) is 0 Å². The number of methoxy groups -OCH3 is 1. The third-order valence-corrected chi connectivity index (χ3v) is 3.72. The molecule has 2 aromatic rings. The Balaban J connectivity index is 2.14. The van der Waals surface area contributed by atoms with Gasteiger partial charge in [0.05, 0.1) is 18.6 Å². The van der Waals surface area contributed by atoms with Gasteiger partial charge in [-0.05, 0) is 41.6 Å². The number of ketones is 1. The van der Waals surface area contributed by atoms with E-state index < -0.39 is 0 Å². The quantitative estimate of drug-likeness (QED) is 0.560. The third-order valence-electron chi connectivity index (χ3n) is 2.84. The van der Waals surface area contributed by atoms with Gasteiger partial charge in [-0.1, -0.05) is 25.1 Å². The molecule has 0 bridgehead atoms. The van der Waals surface area contributed by atoms with E-state index in [0.717, 1.165) is 16.9 Å². The van der Waals surface area contributed by atoms with E-state index in [4.69, 9.17) is 9.47 Å². The second kappa shape index (κ2) is 7.64. The Morgan fingerprint density at radius 3 is 2.81 bits per heavy atom. The van der Waals surface area contributed by atoms with Gasteiger partial charge in [-0.15, -0.1) is 11.3 Å². The van der Waals surface area contributed by atoms with E-state index in [2.05, 4.69) is 6.92 Å². The molecule has 0 fully saturated rings. The van der Waals surface area contributed by atoms with Crippen molar-refractivity contribution < 1.29 is 14.3 Å². The minimum atomic E-state index is 0.0110. The Labute approximate surface area is 128 Å². The molecule has 0 aliphatic carbocycles. The summed E-state index contributed by atoms with van der Waals surface area (Å²) in [6.45, 7) is 2.69. The van der Waals surface area contributed by atoms with Crippen molar-refractivity contribution >= 4 is 23.2 Å². The maximum Gasteiger partial charge on any atom is 0.195 e. The fourth-order valence-electron chi connectivity index (χ4n) is 1.79. The van der Waals surface area contributed by atoms with Gasteiger partial charge in [0.1, 0.15) is 0 Å². The molecular weight excluding hydrogens is 284 g/mol. The van der Waals surface area contributed by atoms with Crippen LogP contribution in [0.5, 0.6) is 11.5 Å². The van der Waals surface area contributed by atoms with Crippen LogP contribution < -0.4 is 9.47 Å². The summed E-state index contributed by atoms with van der Waals surface area (Å²) in [6, 6.07) is 9.32. The minimum absolute atomic E-state index is 0.0110. The number of ether oxygens (including phenoxy) is 2. The molecule has 21 heavy (non-hydrogen) atoms. The number of carbonyl (C=O) groups is 1. The van der Waals surface area contributed by atoms with Crippen LogP contribution in [0.3, 0.4) is 0 Å². The van der Waals surface area contributed by atoms with E-state index >= 15 is 0 Å². The molecule has 110 valence electrons. The lowest BCUT2D eigenvalue weighted by Crippen LogP contribution is -1.98. The first-order chi connectivity index (χ1) is 10.2. The summed E-state index contributed by atoms with van der Waals surface area (Å²) in [5, 5.41) is 1.89. The lowest BCUT2D eigenvalue weighted by molar-refractivity contribution is 0.105. The first-order valence-electron chi connectivity index (χ1n) is 6.81. The molecule has 0 radical (unpaired) electrons. The van der Waals surface area contributed by atoms with Crippen molar-refractivity contribution in [1.82, 2.24) is 0 Å². The van der Waals surface area contributed by atoms with E-state index in [1.54, 1.807) is 19.3 Å². The summed E-state index contributed by atoms with van der Waals surface area (Å²) >= 11 is 1.44. The van der Waals surface area contributed by atoms with Crippen molar-refractivity contribution in [2.75, 3.05) is 13.7 Å². The predicted octanol–water partition coefficient (Wildman–Crippen LogP) is 4.44. The van der Waals surface area contributed by atoms with Gasteiger partial charge in [0.15, 0.2) is 17.3 Å². The normalized spacial score (nSPS) is 10.8. The van der Waals surface area contributed by atoms with Crippen LogP contribution in [0.4, 0.5) is 0 Å². The Hall–Kier alpha value is -2.07. The molecule has 0 spiro atoms. The van der Waals surface area contributed by atoms with Gasteiger partial charge in [-0.2, -0.15) is 0 Å². The molecule has 3 nitrogen and oxygen atoms in total. The van der Waals surface area contributed by atoms with Gasteiger partial charge < -0.3 is 9.47 Å². The molecule has 0 amide bonds. The second-order valence-corrected chi connectivity index (χ2v) is 5.38. The Bertz CT molecular complexity index is 615. The fourth-order valence-corrected chi connectivity index (χ4v) is 2.44. The largest absolute Gasteiger partial charge is 0.493 e. The SMILES string of the molecule is CCCOc1cc(/C=C/C(=O)c2cccs2)ccc1OC. The summed E-state index contributed by atoms with van der Waals surface area (Å²) in [5.41, 5.74) is 0.909. The van der Waals surface area contributed by atoms with E-state index in [1.165, 1.54) is 11.3 Å². The molecule has 1 aromatic heterocycles. The Morgan fingerprint density at radius 2 is 2.14 bits per heavy atom. The summed E-state index contributed by atoms with van der Waals surface area (Å²) in [6.07, 6.45) is 4.30. The van der Waals surface area contributed by atoms with Crippen molar-refractivity contribution in [2.24, 2.45) is 0 Å². The number of rotatable bonds is 7. The third kappa shape index (κ3) is 4.20. The average molecular weight is 302 g/mol. The molecule has 4 heteroatoms. The molecule has 0 atom stereocenters. The highest BCUT2D eigenvalue weighted by atomic mass is 32.1. The van der Waals surface area contributed by atoms with Gasteiger partial charge in [0.2, 0.25) is 0 Å². The van der Waals surface area contributed by atoms with Gasteiger partial charge in [0.25, 0.3) is 0 Å². The first kappa shape index (κ1) is 15.3. The molecule has 0 N–H and O–H groups in total. The van der Waals surface area contributed by atoms with Gasteiger partial charge in [-0.3, -0.25) is 4.79 Å². The molecule has 0 aliphatic rings. The molecule has 0 aliphatic heterocycles. The number of benzene rings is 1. The Kier molecular flexibility index (Phi) is 5.58. The van der Waals surface area contributed by atoms with Crippen LogP contribution >= 0.6 is 11.3 Å². The number of carbonyl (C=O) groups excluding carboxylic acids is 1. The molecule has 0 saturated heterocycles. The predicted molar refractivity (Wildman–Crippen MR) is 86.5 cm³/mol. The highest BCUT2D eigenvalue weighted by molar-refractivity contribution is 7.12. The summed E-state index contributed by atoms with van der Waals surface area (Å²) in [4.78, 5) is 12.7. The van der Waals surface area contributed by atoms with Crippen LogP contribution in [-0.4, -0.2) is 19.5 Å². The lowest BCUT2D eigenvalue weighted by Gasteiger charge is -2.10. The molecule has 2 rings (SSSR count). The smallest absolute Gasteiger partial charge is 0.195 e. The number of thiophene rings is 1. The van der Waals surface area contributed by atoms with Gasteiger partial charge in [-0.25, -0.2) is 0 Å². The van der Waals surface area contributed by atoms with Crippen LogP contribution in [0.2, 0.25) is 0 Å². The average Bonchev–Trinajstić information content (AvgIpc) is 3.05. The van der Waals surface area contributed by atoms with Crippen molar-refractivity contribution in [1.29, 1.82) is 0 Å². The van der Waals surface area contributed by atoms with E-state index in [0.29, 0.717) is 18.1 Å². The summed E-state index contributed by atoms with van der Waals surface area (Å²) in [5.74, 6) is 1.41. The minimum Gasteiger partial charge on any atom is -0.493 e. The fraction of sp³-hybridized carbons (Fsp3) is 0.235. The molecule has 0 saturated carbocycles. The van der Waals surface area contributed by atoms with Crippen LogP contribution in [-0.2, 0) is 0 Å². The number of allylic oxidation sites excluding steroid dienone is 1. The summed E-state index contributed by atoms with van der Waals surface area (Å²) in [7, 11) is 1.62. The molecular formula is C17H18O3S. The zero-order chi connectivity index (χ0) is 15.1. The van der Waals surface area contributed by atoms with E-state index in [-0.39, 0.29) is 5.78 Å². The van der Waals surface area contributed by atoms with Crippen molar-refractivity contribution in [3.05, 3.63) is 52.2 Å². The molecule has 1 heterocycles. The highest BCUT2D eigenvalue weighted by Crippen LogP contribution is 2.28. The Morgan fingerprint density at radius 1 is 1.29 bits per heavy atom. The zero-order valence-electron chi connectivity index (χ0n) is 12.2. The van der Waals surface area contributed by atoms with Crippen LogP contribution in [0.25, 0.3) is 6.08 Å². The van der Waals surface area contributed by atoms with Crippen LogP contribution in [0, 0.1) is 0 Å². The van der Waals surface area contributed by atoms with E-state index in [9.17, 15) is 4.79 Å². The van der Waals surface area contributed by atoms with Crippen LogP contribution in [0.1, 0.15) is 28.6 Å². The zero-order valence-corrected chi connectivity index (χ0v) is 13.0. The summed E-state index contributed by atoms with van der Waals surface area (Å²) < 4.78 is 10.9. The maximum atomic E-state index is 11.9. The van der Waals surface area contributed by atoms with Crippen LogP contribution in [0.15, 0.2) is 41.8 Å². The molecule has 1 aromatic carbocycles. The van der Waals surface area contributed by atoms with Crippen molar-refractivity contribution in [3.8, 4) is 11.5 Å².